The molecule has 3 amide bonds. The van der Waals surface area contributed by atoms with Gasteiger partial charge in [-0.1, -0.05) is 17.7 Å². The molecule has 1 saturated heterocycles. The number of quaternary nitrogens is 1. The molecule has 1 aliphatic rings. The van der Waals surface area contributed by atoms with E-state index in [1.807, 2.05) is 25.1 Å². The standard InChI is InChI=1S/C16H23ClN4O2/c1-11-4-5-13(17)10-14(11)21-8-6-20(7-9-21)12(2)15(22)19-16(23)18-3/h4-5,10,12H,6-9H2,1-3H3,(H2,18,19,22,23)/p+1/t12-/m0/s1. The summed E-state index contributed by atoms with van der Waals surface area (Å²) in [6.45, 7) is 7.32. The Kier molecular flexibility index (Phi) is 5.85. The van der Waals surface area contributed by atoms with Crippen LogP contribution in [-0.4, -0.2) is 51.2 Å². The average molecular weight is 340 g/mol. The predicted molar refractivity (Wildman–Crippen MR) is 91.2 cm³/mol. The maximum atomic E-state index is 12.0. The number of carbonyl (C=O) groups excluding carboxylic acids is 2. The Labute approximate surface area is 141 Å². The van der Waals surface area contributed by atoms with Crippen molar-refractivity contribution < 1.29 is 14.5 Å². The summed E-state index contributed by atoms with van der Waals surface area (Å²) < 4.78 is 0. The van der Waals surface area contributed by atoms with E-state index in [-0.39, 0.29) is 11.9 Å². The number of urea groups is 1. The summed E-state index contributed by atoms with van der Waals surface area (Å²) in [6, 6.07) is 5.19. The van der Waals surface area contributed by atoms with Crippen molar-refractivity contribution in [1.29, 1.82) is 0 Å². The van der Waals surface area contributed by atoms with Crippen LogP contribution in [0.2, 0.25) is 5.02 Å². The molecule has 23 heavy (non-hydrogen) atoms. The highest BCUT2D eigenvalue weighted by molar-refractivity contribution is 6.30. The zero-order chi connectivity index (χ0) is 17.0. The van der Waals surface area contributed by atoms with Crippen LogP contribution in [0.3, 0.4) is 0 Å². The van der Waals surface area contributed by atoms with Crippen LogP contribution in [-0.2, 0) is 4.79 Å². The number of rotatable bonds is 3. The molecule has 1 fully saturated rings. The number of carbonyl (C=O) groups is 2. The van der Waals surface area contributed by atoms with Crippen LogP contribution in [0, 0.1) is 6.92 Å². The number of hydrogen-bond acceptors (Lipinski definition) is 3. The van der Waals surface area contributed by atoms with Crippen molar-refractivity contribution in [2.45, 2.75) is 19.9 Å². The van der Waals surface area contributed by atoms with Gasteiger partial charge in [0.2, 0.25) is 0 Å². The number of anilines is 1. The minimum Gasteiger partial charge on any atom is -0.360 e. The Morgan fingerprint density at radius 2 is 1.96 bits per heavy atom. The molecule has 0 bridgehead atoms. The molecule has 0 saturated carbocycles. The minimum absolute atomic E-state index is 0.244. The van der Waals surface area contributed by atoms with Gasteiger partial charge in [0.1, 0.15) is 0 Å². The van der Waals surface area contributed by atoms with Crippen molar-refractivity contribution >= 4 is 29.2 Å². The highest BCUT2D eigenvalue weighted by atomic mass is 35.5. The Balaban J connectivity index is 1.94. The molecule has 0 unspecified atom stereocenters. The molecule has 1 atom stereocenters. The van der Waals surface area contributed by atoms with E-state index in [1.54, 1.807) is 0 Å². The first-order chi connectivity index (χ1) is 10.9. The van der Waals surface area contributed by atoms with Gasteiger partial charge in [-0.2, -0.15) is 0 Å². The maximum Gasteiger partial charge on any atom is 0.321 e. The van der Waals surface area contributed by atoms with Gasteiger partial charge in [-0.05, 0) is 31.5 Å². The van der Waals surface area contributed by atoms with Crippen molar-refractivity contribution in [2.24, 2.45) is 0 Å². The van der Waals surface area contributed by atoms with Crippen LogP contribution in [0.1, 0.15) is 12.5 Å². The third-order valence-corrected chi connectivity index (χ3v) is 4.62. The maximum absolute atomic E-state index is 12.0. The molecule has 7 heteroatoms. The van der Waals surface area contributed by atoms with Crippen LogP contribution < -0.4 is 20.4 Å². The van der Waals surface area contributed by atoms with Gasteiger partial charge < -0.3 is 15.1 Å². The SMILES string of the molecule is CNC(=O)NC(=O)[C@H](C)[NH+]1CCN(c2cc(Cl)ccc2C)CC1. The number of halogens is 1. The molecule has 2 rings (SSSR count). The van der Waals surface area contributed by atoms with Gasteiger partial charge in [0.15, 0.2) is 6.04 Å². The van der Waals surface area contributed by atoms with Crippen molar-refractivity contribution in [3.8, 4) is 0 Å². The Morgan fingerprint density at radius 3 is 2.57 bits per heavy atom. The zero-order valence-corrected chi connectivity index (χ0v) is 14.5. The lowest BCUT2D eigenvalue weighted by Crippen LogP contribution is -3.19. The van der Waals surface area contributed by atoms with Crippen LogP contribution in [0.25, 0.3) is 0 Å². The number of benzene rings is 1. The van der Waals surface area contributed by atoms with E-state index in [9.17, 15) is 9.59 Å². The summed E-state index contributed by atoms with van der Waals surface area (Å²) >= 11 is 6.10. The van der Waals surface area contributed by atoms with E-state index in [1.165, 1.54) is 17.5 Å². The zero-order valence-electron chi connectivity index (χ0n) is 13.8. The molecule has 1 aliphatic heterocycles. The molecule has 0 radical (unpaired) electrons. The highest BCUT2D eigenvalue weighted by Crippen LogP contribution is 2.24. The second-order valence-corrected chi connectivity index (χ2v) is 6.30. The van der Waals surface area contributed by atoms with Crippen LogP contribution in [0.4, 0.5) is 10.5 Å². The molecule has 0 aliphatic carbocycles. The smallest absolute Gasteiger partial charge is 0.321 e. The number of amides is 3. The summed E-state index contributed by atoms with van der Waals surface area (Å²) in [5.41, 5.74) is 2.35. The van der Waals surface area contributed by atoms with E-state index in [2.05, 4.69) is 22.5 Å². The van der Waals surface area contributed by atoms with Crippen LogP contribution in [0.5, 0.6) is 0 Å². The molecule has 3 N–H and O–H groups in total. The number of imide groups is 1. The molecule has 1 heterocycles. The lowest BCUT2D eigenvalue weighted by atomic mass is 10.1. The van der Waals surface area contributed by atoms with Gasteiger partial charge in [-0.15, -0.1) is 0 Å². The largest absolute Gasteiger partial charge is 0.360 e. The summed E-state index contributed by atoms with van der Waals surface area (Å²) in [5.74, 6) is -0.244. The number of nitrogens with zero attached hydrogens (tertiary/aromatic N) is 1. The summed E-state index contributed by atoms with van der Waals surface area (Å²) in [7, 11) is 1.49. The molecule has 0 spiro atoms. The Bertz CT molecular complexity index is 585. The topological polar surface area (TPSA) is 65.9 Å². The first-order valence-corrected chi connectivity index (χ1v) is 8.18. The summed E-state index contributed by atoms with van der Waals surface area (Å²) in [6.07, 6.45) is 0. The van der Waals surface area contributed by atoms with E-state index in [4.69, 9.17) is 11.6 Å². The minimum atomic E-state index is -0.463. The van der Waals surface area contributed by atoms with Crippen molar-refractivity contribution in [2.75, 3.05) is 38.1 Å². The molecular formula is C16H24ClN4O2+. The molecule has 0 aromatic heterocycles. The second kappa shape index (κ2) is 7.66. The van der Waals surface area contributed by atoms with E-state index in [0.717, 1.165) is 36.9 Å². The fraction of sp³-hybridized carbons (Fsp3) is 0.500. The number of aryl methyl sites for hydroxylation is 1. The van der Waals surface area contributed by atoms with Crippen molar-refractivity contribution in [3.63, 3.8) is 0 Å². The third kappa shape index (κ3) is 4.36. The van der Waals surface area contributed by atoms with Gasteiger partial charge in [-0.25, -0.2) is 4.79 Å². The monoisotopic (exact) mass is 339 g/mol. The van der Waals surface area contributed by atoms with Gasteiger partial charge in [0.25, 0.3) is 5.91 Å². The Hall–Kier alpha value is -1.79. The Morgan fingerprint density at radius 1 is 1.30 bits per heavy atom. The lowest BCUT2D eigenvalue weighted by Gasteiger charge is -2.36. The predicted octanol–water partition coefficient (Wildman–Crippen LogP) is 0.197. The summed E-state index contributed by atoms with van der Waals surface area (Å²) in [4.78, 5) is 26.8. The summed E-state index contributed by atoms with van der Waals surface area (Å²) in [5, 5.41) is 5.47. The fourth-order valence-electron chi connectivity index (χ4n) is 2.86. The number of nitrogens with one attached hydrogen (secondary N) is 3. The van der Waals surface area contributed by atoms with E-state index < -0.39 is 6.03 Å². The highest BCUT2D eigenvalue weighted by Gasteiger charge is 2.30. The molecule has 1 aromatic rings. The quantitative estimate of drug-likeness (QED) is 0.737. The fourth-order valence-corrected chi connectivity index (χ4v) is 3.03. The van der Waals surface area contributed by atoms with Gasteiger partial charge >= 0.3 is 6.03 Å². The van der Waals surface area contributed by atoms with E-state index in [0.29, 0.717) is 0 Å². The molecular weight excluding hydrogens is 316 g/mol. The lowest BCUT2D eigenvalue weighted by molar-refractivity contribution is -0.914. The number of piperazine rings is 1. The van der Waals surface area contributed by atoms with Crippen molar-refractivity contribution in [3.05, 3.63) is 28.8 Å². The van der Waals surface area contributed by atoms with Crippen LogP contribution >= 0.6 is 11.6 Å². The molecule has 126 valence electrons. The average Bonchev–Trinajstić information content (AvgIpc) is 2.56. The van der Waals surface area contributed by atoms with Crippen LogP contribution in [0.15, 0.2) is 18.2 Å². The van der Waals surface area contributed by atoms with Crippen molar-refractivity contribution in [1.82, 2.24) is 10.6 Å². The van der Waals surface area contributed by atoms with Gasteiger partial charge in [0.05, 0.1) is 26.2 Å². The number of hydrogen-bond donors (Lipinski definition) is 3. The molecule has 6 nitrogen and oxygen atoms in total. The molecule has 1 aromatic carbocycles. The normalized spacial score (nSPS) is 16.8. The first-order valence-electron chi connectivity index (χ1n) is 7.80. The third-order valence-electron chi connectivity index (χ3n) is 4.39. The van der Waals surface area contributed by atoms with Gasteiger partial charge in [-0.3, -0.25) is 10.1 Å². The second-order valence-electron chi connectivity index (χ2n) is 5.87. The van der Waals surface area contributed by atoms with Gasteiger partial charge in [0, 0.05) is 17.8 Å². The first kappa shape index (κ1) is 17.6. The van der Waals surface area contributed by atoms with E-state index >= 15 is 0 Å².